The SMILES string of the molecule is CCn1c2c3c4cc(ccc41)-c1csc(n1)C[C@H](NC(=O)Oc1ccc([N+](=O)[O-])cc1)C(=O)N1CCC[C@H](N1)C(=O)OCC(C)(C)C3[C@H](OC)c1ncc(N3CCN(C)CC3)cc1-2. The quantitative estimate of drug-likeness (QED) is 0.114. The number of amides is 2. The molecular formula is C45H51N9O8S. The molecule has 9 rings (SSSR count). The van der Waals surface area contributed by atoms with Gasteiger partial charge in [-0.2, -0.15) is 0 Å². The number of esters is 1. The maximum absolute atomic E-state index is 14.3. The number of nitro benzene ring substituents is 1. The second-order valence-electron chi connectivity index (χ2n) is 17.4. The van der Waals surface area contributed by atoms with E-state index in [1.165, 1.54) is 40.6 Å². The van der Waals surface area contributed by atoms with Gasteiger partial charge in [0, 0.05) is 104 Å². The number of anilines is 1. The summed E-state index contributed by atoms with van der Waals surface area (Å²) in [5, 5.41) is 18.8. The molecule has 18 heteroatoms. The summed E-state index contributed by atoms with van der Waals surface area (Å²) in [7, 11) is 3.87. The Kier molecular flexibility index (Phi) is 11.4. The van der Waals surface area contributed by atoms with Crippen LogP contribution in [0, 0.1) is 15.5 Å². The minimum atomic E-state index is -1.14. The van der Waals surface area contributed by atoms with E-state index in [0.717, 1.165) is 76.5 Å². The Morgan fingerprint density at radius 1 is 1.10 bits per heavy atom. The third-order valence-electron chi connectivity index (χ3n) is 12.8. The number of thiazole rings is 1. The maximum Gasteiger partial charge on any atom is 0.413 e. The summed E-state index contributed by atoms with van der Waals surface area (Å²) in [4.78, 5) is 67.1. The molecule has 5 aromatic rings. The molecule has 2 amide bonds. The molecule has 4 aliphatic rings. The van der Waals surface area contributed by atoms with Crippen molar-refractivity contribution in [3.63, 3.8) is 0 Å². The lowest BCUT2D eigenvalue weighted by molar-refractivity contribution is -0.384. The van der Waals surface area contributed by atoms with Gasteiger partial charge in [-0.25, -0.2) is 15.2 Å². The third-order valence-corrected chi connectivity index (χ3v) is 13.7. The van der Waals surface area contributed by atoms with Crippen LogP contribution in [0.5, 0.6) is 5.75 Å². The van der Waals surface area contributed by atoms with Crippen molar-refractivity contribution < 1.29 is 33.5 Å². The molecule has 4 atom stereocenters. The number of fused-ring (bicyclic) bond motifs is 8. The molecule has 0 saturated carbocycles. The van der Waals surface area contributed by atoms with Gasteiger partial charge < -0.3 is 33.9 Å². The van der Waals surface area contributed by atoms with Crippen molar-refractivity contribution in [3.8, 4) is 28.3 Å². The van der Waals surface area contributed by atoms with E-state index in [0.29, 0.717) is 24.4 Å². The van der Waals surface area contributed by atoms with Crippen molar-refractivity contribution in [1.29, 1.82) is 0 Å². The molecule has 1 aliphatic carbocycles. The highest BCUT2D eigenvalue weighted by molar-refractivity contribution is 7.10. The van der Waals surface area contributed by atoms with E-state index in [4.69, 9.17) is 24.2 Å². The van der Waals surface area contributed by atoms with Gasteiger partial charge >= 0.3 is 12.1 Å². The summed E-state index contributed by atoms with van der Waals surface area (Å²) < 4.78 is 20.5. The molecule has 2 fully saturated rings. The number of hydrogen-bond donors (Lipinski definition) is 2. The van der Waals surface area contributed by atoms with Crippen LogP contribution in [0.25, 0.3) is 33.4 Å². The van der Waals surface area contributed by atoms with Crippen LogP contribution in [0.1, 0.15) is 61.9 Å². The monoisotopic (exact) mass is 877 g/mol. The van der Waals surface area contributed by atoms with Crippen molar-refractivity contribution in [2.45, 2.75) is 70.7 Å². The molecule has 0 radical (unpaired) electrons. The summed E-state index contributed by atoms with van der Waals surface area (Å²) in [6.45, 7) is 11.1. The normalized spacial score (nSPS) is 22.6. The molecule has 3 aliphatic heterocycles. The predicted molar refractivity (Wildman–Crippen MR) is 237 cm³/mol. The van der Waals surface area contributed by atoms with Gasteiger partial charge in [0.25, 0.3) is 11.6 Å². The fraction of sp³-hybridized carbons (Fsp3) is 0.444. The zero-order valence-electron chi connectivity index (χ0n) is 36.0. The minimum Gasteiger partial charge on any atom is -0.464 e. The zero-order valence-corrected chi connectivity index (χ0v) is 36.8. The van der Waals surface area contributed by atoms with Gasteiger partial charge in [-0.15, -0.1) is 11.3 Å². The van der Waals surface area contributed by atoms with Gasteiger partial charge in [0.15, 0.2) is 0 Å². The Bertz CT molecular complexity index is 2580. The summed E-state index contributed by atoms with van der Waals surface area (Å²) in [6.07, 6.45) is 1.56. The molecule has 1 unspecified atom stereocenters. The molecule has 3 aromatic heterocycles. The molecule has 17 nitrogen and oxygen atoms in total. The summed E-state index contributed by atoms with van der Waals surface area (Å²) >= 11 is 1.37. The van der Waals surface area contributed by atoms with E-state index in [1.54, 1.807) is 7.11 Å². The van der Waals surface area contributed by atoms with Gasteiger partial charge in [0.2, 0.25) is 0 Å². The van der Waals surface area contributed by atoms with Gasteiger partial charge in [0.05, 0.1) is 45.5 Å². The number of aryl methyl sites for hydroxylation is 1. The number of carbonyl (C=O) groups excluding carboxylic acids is 3. The highest BCUT2D eigenvalue weighted by Gasteiger charge is 2.48. The lowest BCUT2D eigenvalue weighted by Gasteiger charge is -2.43. The lowest BCUT2D eigenvalue weighted by Crippen LogP contribution is -2.60. The van der Waals surface area contributed by atoms with Crippen LogP contribution in [0.15, 0.2) is 60.1 Å². The van der Waals surface area contributed by atoms with E-state index < -0.39 is 46.5 Å². The van der Waals surface area contributed by atoms with E-state index in [1.807, 2.05) is 11.6 Å². The molecule has 2 saturated heterocycles. The van der Waals surface area contributed by atoms with E-state index in [2.05, 4.69) is 77.2 Å². The maximum atomic E-state index is 14.3. The van der Waals surface area contributed by atoms with Gasteiger partial charge in [0.1, 0.15) is 23.9 Å². The Hall–Kier alpha value is -5.95. The Balaban J connectivity index is 1.14. The Labute approximate surface area is 368 Å². The fourth-order valence-electron chi connectivity index (χ4n) is 9.53. The standard InChI is InChI=1S/C45H51N9O8S/c1-6-52-35-14-9-26-20-30(35)37-38(41(60-5)39-31(40(37)52)21-28(23-46-39)51-18-16-50(4)17-19-51)45(2,3)25-61-43(56)32-8-7-15-53(49-32)42(55)33(22-36-47-34(26)24-63-36)48-44(57)62-29-12-10-27(11-13-29)54(58)59/h9-14,20-21,23-24,32-33,38,41,49H,6-8,15-19,22,25H2,1-5H3,(H,48,57)/t32-,33-,38?,41-/m0/s1. The first-order valence-corrected chi connectivity index (χ1v) is 22.3. The van der Waals surface area contributed by atoms with Crippen molar-refractivity contribution in [1.82, 2.24) is 35.2 Å². The number of nitrogens with zero attached hydrogens (tertiary/aromatic N) is 7. The molecular weight excluding hydrogens is 827 g/mol. The molecule has 63 heavy (non-hydrogen) atoms. The topological polar surface area (TPSA) is 187 Å². The number of hydrazine groups is 1. The van der Waals surface area contributed by atoms with Crippen LogP contribution in [0.4, 0.5) is 16.2 Å². The van der Waals surface area contributed by atoms with Crippen LogP contribution in [-0.2, 0) is 32.0 Å². The Morgan fingerprint density at radius 2 is 1.87 bits per heavy atom. The number of aromatic nitrogens is 3. The number of non-ortho nitro benzene ring substituents is 1. The second kappa shape index (κ2) is 17.0. The van der Waals surface area contributed by atoms with E-state index >= 15 is 0 Å². The number of carbonyl (C=O) groups is 3. The van der Waals surface area contributed by atoms with Crippen molar-refractivity contribution in [2.24, 2.45) is 5.41 Å². The van der Waals surface area contributed by atoms with Crippen molar-refractivity contribution in [2.75, 3.05) is 58.4 Å². The highest BCUT2D eigenvalue weighted by Crippen LogP contribution is 2.57. The summed E-state index contributed by atoms with van der Waals surface area (Å²) in [5.74, 6) is -1.21. The zero-order chi connectivity index (χ0) is 44.2. The fourth-order valence-corrected chi connectivity index (χ4v) is 10.4. The van der Waals surface area contributed by atoms with Gasteiger partial charge in [-0.1, -0.05) is 19.9 Å². The number of nitro groups is 1. The first-order chi connectivity index (χ1) is 30.3. The van der Waals surface area contributed by atoms with Crippen LogP contribution < -0.4 is 20.4 Å². The molecule has 2 N–H and O–H groups in total. The number of ether oxygens (including phenoxy) is 3. The number of likely N-dealkylation sites (N-methyl/N-ethyl adjacent to an activating group) is 1. The number of piperazine rings is 1. The van der Waals surface area contributed by atoms with E-state index in [9.17, 15) is 24.5 Å². The number of benzene rings is 2. The number of pyridine rings is 1. The smallest absolute Gasteiger partial charge is 0.413 e. The van der Waals surface area contributed by atoms with Crippen molar-refractivity contribution in [3.05, 3.63) is 86.5 Å². The largest absolute Gasteiger partial charge is 0.464 e. The first-order valence-electron chi connectivity index (χ1n) is 21.4. The molecule has 2 aromatic carbocycles. The van der Waals surface area contributed by atoms with Crippen LogP contribution in [0.3, 0.4) is 0 Å². The summed E-state index contributed by atoms with van der Waals surface area (Å²) in [5.41, 5.74) is 10.0. The number of methoxy groups -OCH3 is 1. The average Bonchev–Trinajstić information content (AvgIpc) is 3.89. The van der Waals surface area contributed by atoms with E-state index in [-0.39, 0.29) is 36.9 Å². The average molecular weight is 878 g/mol. The van der Waals surface area contributed by atoms with Crippen molar-refractivity contribution >= 4 is 51.6 Å². The number of cyclic esters (lactones) is 1. The lowest BCUT2D eigenvalue weighted by atomic mass is 9.67. The first kappa shape index (κ1) is 42.4. The van der Waals surface area contributed by atoms with Gasteiger partial charge in [-0.3, -0.25) is 29.7 Å². The number of nitrogens with one attached hydrogen (secondary N) is 2. The molecule has 6 heterocycles. The molecule has 330 valence electrons. The molecule has 0 spiro atoms. The number of rotatable bonds is 6. The Morgan fingerprint density at radius 3 is 2.60 bits per heavy atom. The minimum absolute atomic E-state index is 0.0290. The summed E-state index contributed by atoms with van der Waals surface area (Å²) in [6, 6.07) is 11.7. The number of hydrogen-bond acceptors (Lipinski definition) is 14. The third kappa shape index (κ3) is 8.00. The van der Waals surface area contributed by atoms with Crippen LogP contribution in [-0.4, -0.2) is 113 Å². The predicted octanol–water partition coefficient (Wildman–Crippen LogP) is 6.07. The highest BCUT2D eigenvalue weighted by atomic mass is 32.1. The molecule has 6 bridgehead atoms. The second-order valence-corrected chi connectivity index (χ2v) is 18.3. The van der Waals surface area contributed by atoms with Gasteiger partial charge in [-0.05, 0) is 62.7 Å². The van der Waals surface area contributed by atoms with Crippen LogP contribution in [0.2, 0.25) is 0 Å². The van der Waals surface area contributed by atoms with Crippen LogP contribution >= 0.6 is 11.3 Å².